The van der Waals surface area contributed by atoms with Crippen LogP contribution in [0.5, 0.6) is 0 Å². The molecule has 1 aliphatic carbocycles. The van der Waals surface area contributed by atoms with Gasteiger partial charge >= 0.3 is 6.03 Å². The smallest absolute Gasteiger partial charge is 0.315 e. The van der Waals surface area contributed by atoms with Crippen LogP contribution in [0.1, 0.15) is 48.7 Å². The molecule has 134 valence electrons. The van der Waals surface area contributed by atoms with Crippen LogP contribution in [-0.4, -0.2) is 27.2 Å². The highest BCUT2D eigenvalue weighted by atomic mass is 16.2. The Labute approximate surface area is 152 Å². The standard InChI is InChI=1S/C20H23N5O/c1-14(19-24-23-18-11-4-5-12-25(18)19)22-20(26)21-13-16-9-6-8-15-7-2-3-10-17(15)16/h2-5,7,10-12,14,16H,6,8-9,13H2,1H3,(H2,21,22,26)/t14-,16-/m1/s1. The third-order valence-corrected chi connectivity index (χ3v) is 5.08. The van der Waals surface area contributed by atoms with Crippen LogP contribution in [0.15, 0.2) is 48.7 Å². The van der Waals surface area contributed by atoms with E-state index in [-0.39, 0.29) is 12.1 Å². The van der Waals surface area contributed by atoms with E-state index in [1.165, 1.54) is 17.5 Å². The molecule has 0 fully saturated rings. The molecule has 1 aromatic carbocycles. The summed E-state index contributed by atoms with van der Waals surface area (Å²) in [6, 6.07) is 13.9. The predicted octanol–water partition coefficient (Wildman–Crippen LogP) is 3.21. The van der Waals surface area contributed by atoms with Gasteiger partial charge in [0.25, 0.3) is 0 Å². The number of aromatic nitrogens is 3. The summed E-state index contributed by atoms with van der Waals surface area (Å²) in [7, 11) is 0. The van der Waals surface area contributed by atoms with Crippen molar-refractivity contribution in [1.82, 2.24) is 25.2 Å². The number of amides is 2. The highest BCUT2D eigenvalue weighted by Crippen LogP contribution is 2.30. The van der Waals surface area contributed by atoms with Gasteiger partial charge in [-0.05, 0) is 49.4 Å². The van der Waals surface area contributed by atoms with Crippen LogP contribution in [-0.2, 0) is 6.42 Å². The first-order valence-electron chi connectivity index (χ1n) is 9.14. The molecular weight excluding hydrogens is 326 g/mol. The quantitative estimate of drug-likeness (QED) is 0.760. The van der Waals surface area contributed by atoms with Crippen molar-refractivity contribution in [2.45, 2.75) is 38.1 Å². The molecule has 26 heavy (non-hydrogen) atoms. The maximum Gasteiger partial charge on any atom is 0.315 e. The van der Waals surface area contributed by atoms with Crippen molar-refractivity contribution in [2.75, 3.05) is 6.54 Å². The van der Waals surface area contributed by atoms with Gasteiger partial charge in [-0.2, -0.15) is 0 Å². The number of urea groups is 1. The summed E-state index contributed by atoms with van der Waals surface area (Å²) in [5.74, 6) is 1.11. The second-order valence-electron chi connectivity index (χ2n) is 6.85. The Bertz CT molecular complexity index is 919. The first-order chi connectivity index (χ1) is 12.7. The molecule has 2 aromatic heterocycles. The number of nitrogens with one attached hydrogen (secondary N) is 2. The number of benzene rings is 1. The van der Waals surface area contributed by atoms with Crippen molar-refractivity contribution < 1.29 is 4.79 Å². The molecular formula is C20H23N5O. The molecule has 0 aliphatic heterocycles. The van der Waals surface area contributed by atoms with Crippen molar-refractivity contribution in [3.8, 4) is 0 Å². The normalized spacial score (nSPS) is 17.5. The van der Waals surface area contributed by atoms with Crippen LogP contribution in [0.4, 0.5) is 4.79 Å². The van der Waals surface area contributed by atoms with Gasteiger partial charge in [0, 0.05) is 18.7 Å². The molecule has 2 heterocycles. The summed E-state index contributed by atoms with van der Waals surface area (Å²) < 4.78 is 1.89. The molecule has 2 atom stereocenters. The third kappa shape index (κ3) is 3.27. The minimum absolute atomic E-state index is 0.173. The lowest BCUT2D eigenvalue weighted by atomic mass is 9.83. The molecule has 3 aromatic rings. The minimum Gasteiger partial charge on any atom is -0.338 e. The maximum absolute atomic E-state index is 12.4. The van der Waals surface area contributed by atoms with E-state index in [0.29, 0.717) is 12.5 Å². The monoisotopic (exact) mass is 349 g/mol. The summed E-state index contributed by atoms with van der Waals surface area (Å²) in [5, 5.41) is 14.3. The van der Waals surface area contributed by atoms with Crippen LogP contribution < -0.4 is 10.6 Å². The average molecular weight is 349 g/mol. The van der Waals surface area contributed by atoms with E-state index in [0.717, 1.165) is 24.3 Å². The number of carbonyl (C=O) groups is 1. The molecule has 0 spiro atoms. The summed E-state index contributed by atoms with van der Waals surface area (Å²) in [6.45, 7) is 2.56. The Kier molecular flexibility index (Phi) is 4.56. The molecule has 0 bridgehead atoms. The summed E-state index contributed by atoms with van der Waals surface area (Å²) in [6.07, 6.45) is 5.32. The molecule has 2 N–H and O–H groups in total. The zero-order chi connectivity index (χ0) is 17.9. The summed E-state index contributed by atoms with van der Waals surface area (Å²) in [5.41, 5.74) is 3.56. The van der Waals surface area contributed by atoms with Gasteiger partial charge in [-0.25, -0.2) is 4.79 Å². The number of aryl methyl sites for hydroxylation is 1. The second-order valence-corrected chi connectivity index (χ2v) is 6.85. The fraction of sp³-hybridized carbons (Fsp3) is 0.350. The van der Waals surface area contributed by atoms with E-state index in [1.807, 2.05) is 35.7 Å². The van der Waals surface area contributed by atoms with E-state index in [2.05, 4.69) is 45.1 Å². The number of nitrogens with zero attached hydrogens (tertiary/aromatic N) is 3. The number of pyridine rings is 1. The third-order valence-electron chi connectivity index (χ3n) is 5.08. The minimum atomic E-state index is -0.231. The van der Waals surface area contributed by atoms with E-state index in [9.17, 15) is 4.79 Å². The molecule has 0 radical (unpaired) electrons. The first-order valence-corrected chi connectivity index (χ1v) is 9.14. The van der Waals surface area contributed by atoms with E-state index in [4.69, 9.17) is 0 Å². The Morgan fingerprint density at radius 3 is 3.00 bits per heavy atom. The molecule has 1 aliphatic rings. The van der Waals surface area contributed by atoms with Crippen LogP contribution in [0.2, 0.25) is 0 Å². The Hall–Kier alpha value is -2.89. The fourth-order valence-electron chi connectivity index (χ4n) is 3.75. The van der Waals surface area contributed by atoms with Crippen molar-refractivity contribution >= 4 is 11.7 Å². The van der Waals surface area contributed by atoms with E-state index < -0.39 is 0 Å². The van der Waals surface area contributed by atoms with Gasteiger partial charge in [-0.15, -0.1) is 10.2 Å². The van der Waals surface area contributed by atoms with Crippen molar-refractivity contribution in [3.63, 3.8) is 0 Å². The van der Waals surface area contributed by atoms with Crippen molar-refractivity contribution in [3.05, 3.63) is 65.6 Å². The van der Waals surface area contributed by atoms with Gasteiger partial charge in [0.05, 0.1) is 6.04 Å². The van der Waals surface area contributed by atoms with Gasteiger partial charge in [-0.1, -0.05) is 30.3 Å². The number of hydrogen-bond acceptors (Lipinski definition) is 3. The van der Waals surface area contributed by atoms with Crippen molar-refractivity contribution in [2.24, 2.45) is 0 Å². The lowest BCUT2D eigenvalue weighted by molar-refractivity contribution is 0.236. The number of fused-ring (bicyclic) bond motifs is 2. The van der Waals surface area contributed by atoms with Crippen LogP contribution in [0, 0.1) is 0 Å². The van der Waals surface area contributed by atoms with Crippen LogP contribution in [0.3, 0.4) is 0 Å². The molecule has 2 amide bonds. The Morgan fingerprint density at radius 1 is 1.23 bits per heavy atom. The Balaban J connectivity index is 1.37. The lowest BCUT2D eigenvalue weighted by Gasteiger charge is -2.26. The average Bonchev–Trinajstić information content (AvgIpc) is 3.10. The van der Waals surface area contributed by atoms with Gasteiger partial charge in [0.1, 0.15) is 0 Å². The number of rotatable bonds is 4. The molecule has 6 nitrogen and oxygen atoms in total. The van der Waals surface area contributed by atoms with Crippen LogP contribution in [0.25, 0.3) is 5.65 Å². The van der Waals surface area contributed by atoms with Crippen molar-refractivity contribution in [1.29, 1.82) is 0 Å². The van der Waals surface area contributed by atoms with Gasteiger partial charge < -0.3 is 10.6 Å². The molecule has 0 saturated carbocycles. The maximum atomic E-state index is 12.4. The Morgan fingerprint density at radius 2 is 2.08 bits per heavy atom. The fourth-order valence-corrected chi connectivity index (χ4v) is 3.75. The topological polar surface area (TPSA) is 71.3 Å². The first kappa shape index (κ1) is 16.6. The molecule has 0 saturated heterocycles. The molecule has 0 unspecified atom stereocenters. The zero-order valence-corrected chi connectivity index (χ0v) is 14.9. The number of carbonyl (C=O) groups excluding carboxylic acids is 1. The highest BCUT2D eigenvalue weighted by molar-refractivity contribution is 5.74. The van der Waals surface area contributed by atoms with Gasteiger partial charge in [-0.3, -0.25) is 4.40 Å². The zero-order valence-electron chi connectivity index (χ0n) is 14.9. The van der Waals surface area contributed by atoms with Crippen LogP contribution >= 0.6 is 0 Å². The molecule has 4 rings (SSSR count). The molecule has 6 heteroatoms. The summed E-state index contributed by atoms with van der Waals surface area (Å²) in [4.78, 5) is 12.4. The van der Waals surface area contributed by atoms with E-state index in [1.54, 1.807) is 0 Å². The van der Waals surface area contributed by atoms with Gasteiger partial charge in [0.15, 0.2) is 11.5 Å². The number of hydrogen-bond donors (Lipinski definition) is 2. The van der Waals surface area contributed by atoms with Gasteiger partial charge in [0.2, 0.25) is 0 Å². The SMILES string of the molecule is C[C@@H](NC(=O)NC[C@H]1CCCc2ccccc21)c1nnc2ccccn12. The van der Waals surface area contributed by atoms with E-state index >= 15 is 0 Å². The lowest BCUT2D eigenvalue weighted by Crippen LogP contribution is -2.40. The highest BCUT2D eigenvalue weighted by Gasteiger charge is 2.21. The predicted molar refractivity (Wildman–Crippen MR) is 100 cm³/mol. The largest absolute Gasteiger partial charge is 0.338 e. The second kappa shape index (κ2) is 7.15. The summed E-state index contributed by atoms with van der Waals surface area (Å²) >= 11 is 0.